The summed E-state index contributed by atoms with van der Waals surface area (Å²) < 4.78 is 11.8. The number of para-hydroxylation sites is 1. The van der Waals surface area contributed by atoms with E-state index in [0.29, 0.717) is 16.5 Å². The number of hydrogen-bond acceptors (Lipinski definition) is 5. The Balaban J connectivity index is 1.50. The maximum absolute atomic E-state index is 12.6. The maximum Gasteiger partial charge on any atom is 0.246 e. The summed E-state index contributed by atoms with van der Waals surface area (Å²) in [4.78, 5) is 18.9. The van der Waals surface area contributed by atoms with Crippen LogP contribution in [0.4, 0.5) is 0 Å². The molecule has 0 saturated heterocycles. The highest BCUT2D eigenvalue weighted by atomic mass is 35.5. The molecule has 0 fully saturated rings. The molecule has 138 valence electrons. The van der Waals surface area contributed by atoms with E-state index in [-0.39, 0.29) is 18.7 Å². The van der Waals surface area contributed by atoms with E-state index in [1.54, 1.807) is 41.5 Å². The maximum atomic E-state index is 12.6. The fourth-order valence-corrected chi connectivity index (χ4v) is 4.13. The van der Waals surface area contributed by atoms with Crippen LogP contribution in [0.25, 0.3) is 16.3 Å². The van der Waals surface area contributed by atoms with Crippen molar-refractivity contribution in [1.82, 2.24) is 9.88 Å². The normalized spacial score (nSPS) is 14.0. The van der Waals surface area contributed by atoms with E-state index in [1.807, 2.05) is 31.2 Å². The van der Waals surface area contributed by atoms with Crippen molar-refractivity contribution in [3.05, 3.63) is 58.1 Å². The minimum Gasteiger partial charge on any atom is -0.454 e. The highest BCUT2D eigenvalue weighted by molar-refractivity contribution is 7.18. The zero-order valence-electron chi connectivity index (χ0n) is 14.8. The zero-order chi connectivity index (χ0) is 19.0. The molecule has 0 saturated carbocycles. The van der Waals surface area contributed by atoms with E-state index in [4.69, 9.17) is 21.1 Å². The molecule has 5 nitrogen and oxygen atoms in total. The minimum atomic E-state index is -0.125. The molecular weight excluding hydrogens is 384 g/mol. The van der Waals surface area contributed by atoms with Crippen molar-refractivity contribution >= 4 is 45.1 Å². The van der Waals surface area contributed by atoms with Crippen molar-refractivity contribution in [1.29, 1.82) is 0 Å². The number of benzene rings is 2. The van der Waals surface area contributed by atoms with Gasteiger partial charge in [-0.05, 0) is 42.8 Å². The lowest BCUT2D eigenvalue weighted by Crippen LogP contribution is -2.27. The van der Waals surface area contributed by atoms with Crippen LogP contribution < -0.4 is 9.47 Å². The summed E-state index contributed by atoms with van der Waals surface area (Å²) in [6.07, 6.45) is 3.25. The fraction of sp³-hybridized carbons (Fsp3) is 0.200. The van der Waals surface area contributed by atoms with Crippen molar-refractivity contribution in [2.24, 2.45) is 0 Å². The van der Waals surface area contributed by atoms with E-state index < -0.39 is 0 Å². The summed E-state index contributed by atoms with van der Waals surface area (Å²) in [6.45, 7) is 2.13. The van der Waals surface area contributed by atoms with Crippen LogP contribution in [0.2, 0.25) is 5.02 Å². The summed E-state index contributed by atoms with van der Waals surface area (Å²) in [5.74, 6) is 1.02. The number of nitrogens with zero attached hydrogens (tertiary/aromatic N) is 2. The Morgan fingerprint density at radius 3 is 2.96 bits per heavy atom. The third-order valence-electron chi connectivity index (χ3n) is 4.46. The van der Waals surface area contributed by atoms with Gasteiger partial charge in [-0.15, -0.1) is 11.3 Å². The Labute approximate surface area is 165 Å². The summed E-state index contributed by atoms with van der Waals surface area (Å²) in [5, 5.41) is 1.37. The number of rotatable bonds is 4. The van der Waals surface area contributed by atoms with E-state index in [2.05, 4.69) is 4.98 Å². The molecule has 4 rings (SSSR count). The first-order valence-corrected chi connectivity index (χ1v) is 9.62. The van der Waals surface area contributed by atoms with Gasteiger partial charge in [0.15, 0.2) is 11.5 Å². The molecule has 0 unspecified atom stereocenters. The van der Waals surface area contributed by atoms with Crippen LogP contribution in [0, 0.1) is 0 Å². The van der Waals surface area contributed by atoms with Crippen LogP contribution >= 0.6 is 22.9 Å². The van der Waals surface area contributed by atoms with Gasteiger partial charge in [0.1, 0.15) is 5.01 Å². The standard InChI is InChI=1S/C20H17ClN2O3S/c1-12(20-22-15-5-3-4-6-17(15)27-20)23(2)18(24)8-7-13-9-14(21)19-16(10-13)25-11-26-19/h3-10,12H,11H2,1-2H3/b8-7+/t12-/m1/s1. The van der Waals surface area contributed by atoms with Crippen LogP contribution in [0.5, 0.6) is 11.5 Å². The molecule has 1 aliphatic heterocycles. The highest BCUT2D eigenvalue weighted by Crippen LogP contribution is 2.40. The highest BCUT2D eigenvalue weighted by Gasteiger charge is 2.20. The SMILES string of the molecule is C[C@H](c1nc2ccccc2s1)N(C)C(=O)/C=C/c1cc(Cl)c2c(c1)OCO2. The van der Waals surface area contributed by atoms with Crippen LogP contribution in [0.3, 0.4) is 0 Å². The van der Waals surface area contributed by atoms with Crippen molar-refractivity contribution in [2.75, 3.05) is 13.8 Å². The molecule has 1 aliphatic rings. The number of carbonyl (C=O) groups excluding carboxylic acids is 1. The smallest absolute Gasteiger partial charge is 0.246 e. The molecule has 0 N–H and O–H groups in total. The molecule has 7 heteroatoms. The Bertz CT molecular complexity index is 1010. The van der Waals surface area contributed by atoms with Gasteiger partial charge in [-0.25, -0.2) is 4.98 Å². The van der Waals surface area contributed by atoms with Crippen molar-refractivity contribution in [3.63, 3.8) is 0 Å². The summed E-state index contributed by atoms with van der Waals surface area (Å²) >= 11 is 7.78. The molecule has 2 heterocycles. The number of likely N-dealkylation sites (N-methyl/N-ethyl adjacent to an activating group) is 1. The molecule has 0 radical (unpaired) electrons. The second kappa shape index (κ2) is 7.21. The van der Waals surface area contributed by atoms with Gasteiger partial charge in [0, 0.05) is 13.1 Å². The molecule has 1 amide bonds. The molecule has 3 aromatic rings. The summed E-state index contributed by atoms with van der Waals surface area (Å²) in [7, 11) is 1.77. The first kappa shape index (κ1) is 17.8. The third kappa shape index (κ3) is 3.50. The van der Waals surface area contributed by atoms with Crippen molar-refractivity contribution in [3.8, 4) is 11.5 Å². The van der Waals surface area contributed by atoms with Gasteiger partial charge in [0.25, 0.3) is 0 Å². The molecule has 2 aromatic carbocycles. The van der Waals surface area contributed by atoms with Crippen LogP contribution in [0.15, 0.2) is 42.5 Å². The third-order valence-corrected chi connectivity index (χ3v) is 5.95. The predicted molar refractivity (Wildman–Crippen MR) is 107 cm³/mol. The average molecular weight is 401 g/mol. The molecule has 27 heavy (non-hydrogen) atoms. The number of carbonyl (C=O) groups is 1. The van der Waals surface area contributed by atoms with Gasteiger partial charge in [-0.2, -0.15) is 0 Å². The molecule has 0 spiro atoms. The van der Waals surface area contributed by atoms with Crippen LogP contribution in [0.1, 0.15) is 23.5 Å². The minimum absolute atomic E-state index is 0.115. The second-order valence-corrected chi connectivity index (χ2v) is 7.68. The van der Waals surface area contributed by atoms with Gasteiger partial charge in [0.05, 0.1) is 21.3 Å². The number of hydrogen-bond donors (Lipinski definition) is 0. The predicted octanol–water partition coefficient (Wildman–Crippen LogP) is 4.91. The van der Waals surface area contributed by atoms with E-state index in [0.717, 1.165) is 20.8 Å². The number of amides is 1. The second-order valence-electron chi connectivity index (χ2n) is 6.21. The monoisotopic (exact) mass is 400 g/mol. The average Bonchev–Trinajstić information content (AvgIpc) is 3.31. The fourth-order valence-electron chi connectivity index (χ4n) is 2.79. The summed E-state index contributed by atoms with van der Waals surface area (Å²) in [5.41, 5.74) is 1.73. The molecular formula is C20H17ClN2O3S. The molecule has 0 aliphatic carbocycles. The first-order valence-electron chi connectivity index (χ1n) is 8.42. The number of halogens is 1. The lowest BCUT2D eigenvalue weighted by Gasteiger charge is -2.21. The molecule has 1 atom stereocenters. The van der Waals surface area contributed by atoms with Gasteiger partial charge in [-0.3, -0.25) is 4.79 Å². The van der Waals surface area contributed by atoms with Gasteiger partial charge >= 0.3 is 0 Å². The van der Waals surface area contributed by atoms with Crippen LogP contribution in [-0.2, 0) is 4.79 Å². The molecule has 1 aromatic heterocycles. The van der Waals surface area contributed by atoms with Gasteiger partial charge < -0.3 is 14.4 Å². The first-order chi connectivity index (χ1) is 13.0. The Kier molecular flexibility index (Phi) is 4.76. The Morgan fingerprint density at radius 1 is 1.33 bits per heavy atom. The van der Waals surface area contributed by atoms with E-state index >= 15 is 0 Å². The topological polar surface area (TPSA) is 51.7 Å². The number of ether oxygens (including phenoxy) is 2. The van der Waals surface area contributed by atoms with Crippen LogP contribution in [-0.4, -0.2) is 29.6 Å². The number of fused-ring (bicyclic) bond motifs is 2. The van der Waals surface area contributed by atoms with Gasteiger partial charge in [-0.1, -0.05) is 23.7 Å². The van der Waals surface area contributed by atoms with Gasteiger partial charge in [0.2, 0.25) is 12.7 Å². The lowest BCUT2D eigenvalue weighted by atomic mass is 10.2. The Hall–Kier alpha value is -2.57. The number of aromatic nitrogens is 1. The largest absolute Gasteiger partial charge is 0.454 e. The van der Waals surface area contributed by atoms with Crippen molar-refractivity contribution < 1.29 is 14.3 Å². The quantitative estimate of drug-likeness (QED) is 0.584. The Morgan fingerprint density at radius 2 is 2.15 bits per heavy atom. The molecule has 0 bridgehead atoms. The zero-order valence-corrected chi connectivity index (χ0v) is 16.4. The summed E-state index contributed by atoms with van der Waals surface area (Å²) in [6, 6.07) is 11.4. The van der Waals surface area contributed by atoms with Crippen molar-refractivity contribution in [2.45, 2.75) is 13.0 Å². The van der Waals surface area contributed by atoms with E-state index in [9.17, 15) is 4.79 Å². The lowest BCUT2D eigenvalue weighted by molar-refractivity contribution is -0.126. The number of thiazole rings is 1. The van der Waals surface area contributed by atoms with E-state index in [1.165, 1.54) is 6.08 Å².